The Morgan fingerprint density at radius 3 is 2.42 bits per heavy atom. The molecule has 1 heterocycles. The molecule has 1 saturated carbocycles. The number of carboxylic acid groups (broad SMARTS) is 1. The summed E-state index contributed by atoms with van der Waals surface area (Å²) in [5.41, 5.74) is -1.28. The first-order valence-electron chi connectivity index (χ1n) is 8.67. The van der Waals surface area contributed by atoms with Crippen molar-refractivity contribution in [2.45, 2.75) is 50.9 Å². The van der Waals surface area contributed by atoms with Crippen LogP contribution in [0.15, 0.2) is 24.3 Å². The quantitative estimate of drug-likeness (QED) is 0.923. The van der Waals surface area contributed by atoms with Crippen molar-refractivity contribution in [3.63, 3.8) is 0 Å². The normalized spacial score (nSPS) is 26.3. The molecule has 0 spiro atoms. The van der Waals surface area contributed by atoms with Crippen molar-refractivity contribution >= 4 is 11.9 Å². The van der Waals surface area contributed by atoms with Gasteiger partial charge >= 0.3 is 5.97 Å². The van der Waals surface area contributed by atoms with Crippen molar-refractivity contribution < 1.29 is 19.1 Å². The molecule has 130 valence electrons. The van der Waals surface area contributed by atoms with Gasteiger partial charge in [-0.25, -0.2) is 4.39 Å². The molecule has 1 saturated heterocycles. The van der Waals surface area contributed by atoms with E-state index in [1.54, 1.807) is 30.0 Å². The molecule has 1 N–H and O–H groups in total. The second-order valence-electron chi connectivity index (χ2n) is 7.47. The SMILES string of the molecule is CC1(C(=O)O)CCCN(C(=O)C2(c3ccccc3F)CCCC2)C1. The molecule has 4 nitrogen and oxygen atoms in total. The number of carbonyl (C=O) groups is 2. The third-order valence-electron chi connectivity index (χ3n) is 5.76. The van der Waals surface area contributed by atoms with Crippen LogP contribution in [0.4, 0.5) is 4.39 Å². The number of likely N-dealkylation sites (tertiary alicyclic amines) is 1. The maximum atomic E-state index is 14.4. The number of aliphatic carboxylic acids is 1. The van der Waals surface area contributed by atoms with Crippen molar-refractivity contribution in [2.24, 2.45) is 5.41 Å². The Balaban J connectivity index is 1.94. The van der Waals surface area contributed by atoms with Crippen LogP contribution < -0.4 is 0 Å². The van der Waals surface area contributed by atoms with Crippen LogP contribution in [0.1, 0.15) is 51.0 Å². The smallest absolute Gasteiger partial charge is 0.311 e. The standard InChI is InChI=1S/C19H24FNO3/c1-18(17(23)24)9-6-12-21(13-18)16(22)19(10-4-5-11-19)14-7-2-3-8-15(14)20/h2-3,7-8H,4-6,9-13H2,1H3,(H,23,24). The molecule has 0 radical (unpaired) electrons. The number of carbonyl (C=O) groups excluding carboxylic acids is 1. The molecular formula is C19H24FNO3. The minimum Gasteiger partial charge on any atom is -0.481 e. The fourth-order valence-electron chi connectivity index (χ4n) is 4.32. The van der Waals surface area contributed by atoms with Gasteiger partial charge in [0.15, 0.2) is 0 Å². The van der Waals surface area contributed by atoms with Crippen LogP contribution in [0.2, 0.25) is 0 Å². The Kier molecular flexibility index (Phi) is 4.37. The number of hydrogen-bond donors (Lipinski definition) is 1. The molecule has 1 atom stereocenters. The van der Waals surface area contributed by atoms with Crippen LogP contribution in [-0.4, -0.2) is 35.0 Å². The van der Waals surface area contributed by atoms with E-state index < -0.39 is 16.8 Å². The van der Waals surface area contributed by atoms with Crippen molar-refractivity contribution in [3.8, 4) is 0 Å². The molecule has 0 bridgehead atoms. The molecule has 1 unspecified atom stereocenters. The monoisotopic (exact) mass is 333 g/mol. The number of carboxylic acids is 1. The second-order valence-corrected chi connectivity index (χ2v) is 7.47. The maximum Gasteiger partial charge on any atom is 0.311 e. The van der Waals surface area contributed by atoms with E-state index in [9.17, 15) is 19.1 Å². The molecule has 0 aromatic heterocycles. The molecule has 1 aliphatic carbocycles. The Morgan fingerprint density at radius 1 is 1.12 bits per heavy atom. The molecule has 1 aromatic rings. The zero-order chi connectivity index (χ0) is 17.4. The summed E-state index contributed by atoms with van der Waals surface area (Å²) in [6, 6.07) is 6.51. The van der Waals surface area contributed by atoms with Crippen molar-refractivity contribution in [2.75, 3.05) is 13.1 Å². The van der Waals surface area contributed by atoms with Gasteiger partial charge in [0.2, 0.25) is 5.91 Å². The van der Waals surface area contributed by atoms with E-state index in [4.69, 9.17) is 0 Å². The molecule has 3 rings (SSSR count). The highest BCUT2D eigenvalue weighted by Crippen LogP contribution is 2.44. The van der Waals surface area contributed by atoms with Crippen LogP contribution in [0.25, 0.3) is 0 Å². The number of nitrogens with zero attached hydrogens (tertiary/aromatic N) is 1. The molecular weight excluding hydrogens is 309 g/mol. The Bertz CT molecular complexity index is 654. The number of halogens is 1. The summed E-state index contributed by atoms with van der Waals surface area (Å²) in [6.45, 7) is 2.45. The number of benzene rings is 1. The fraction of sp³-hybridized carbons (Fsp3) is 0.579. The molecule has 24 heavy (non-hydrogen) atoms. The number of amides is 1. The first kappa shape index (κ1) is 16.9. The predicted molar refractivity (Wildman–Crippen MR) is 88.1 cm³/mol. The lowest BCUT2D eigenvalue weighted by atomic mass is 9.75. The summed E-state index contributed by atoms with van der Waals surface area (Å²) in [5.74, 6) is -1.31. The van der Waals surface area contributed by atoms with Crippen LogP contribution in [0.3, 0.4) is 0 Å². The van der Waals surface area contributed by atoms with Gasteiger partial charge in [0.25, 0.3) is 0 Å². The third kappa shape index (κ3) is 2.70. The minimum absolute atomic E-state index is 0.0997. The Labute approximate surface area is 141 Å². The lowest BCUT2D eigenvalue weighted by molar-refractivity contribution is -0.155. The van der Waals surface area contributed by atoms with Gasteiger partial charge in [-0.05, 0) is 38.7 Å². The van der Waals surface area contributed by atoms with Gasteiger partial charge < -0.3 is 10.0 Å². The predicted octanol–water partition coefficient (Wildman–Crippen LogP) is 3.35. The molecule has 1 amide bonds. The average Bonchev–Trinajstić information content (AvgIpc) is 3.05. The summed E-state index contributed by atoms with van der Waals surface area (Å²) in [4.78, 5) is 26.6. The van der Waals surface area contributed by atoms with E-state index in [1.165, 1.54) is 6.07 Å². The highest BCUT2D eigenvalue weighted by molar-refractivity contribution is 5.89. The Hall–Kier alpha value is -1.91. The van der Waals surface area contributed by atoms with Crippen molar-refractivity contribution in [3.05, 3.63) is 35.6 Å². The third-order valence-corrected chi connectivity index (χ3v) is 5.76. The second kappa shape index (κ2) is 6.19. The van der Waals surface area contributed by atoms with E-state index in [2.05, 4.69) is 0 Å². The highest BCUT2D eigenvalue weighted by atomic mass is 19.1. The summed E-state index contributed by atoms with van der Waals surface area (Å²) in [5, 5.41) is 9.49. The maximum absolute atomic E-state index is 14.4. The largest absolute Gasteiger partial charge is 0.481 e. The first-order chi connectivity index (χ1) is 11.4. The molecule has 2 fully saturated rings. The molecule has 1 aliphatic heterocycles. The van der Waals surface area contributed by atoms with Crippen LogP contribution in [-0.2, 0) is 15.0 Å². The van der Waals surface area contributed by atoms with Gasteiger partial charge in [-0.15, -0.1) is 0 Å². The zero-order valence-electron chi connectivity index (χ0n) is 14.1. The zero-order valence-corrected chi connectivity index (χ0v) is 14.1. The van der Waals surface area contributed by atoms with Gasteiger partial charge in [-0.2, -0.15) is 0 Å². The highest BCUT2D eigenvalue weighted by Gasteiger charge is 2.49. The van der Waals surface area contributed by atoms with E-state index in [1.807, 2.05) is 0 Å². The lowest BCUT2D eigenvalue weighted by Gasteiger charge is -2.42. The average molecular weight is 333 g/mol. The van der Waals surface area contributed by atoms with E-state index >= 15 is 0 Å². The van der Waals surface area contributed by atoms with Gasteiger partial charge in [0.05, 0.1) is 10.8 Å². The van der Waals surface area contributed by atoms with Gasteiger partial charge in [0.1, 0.15) is 5.82 Å². The lowest BCUT2D eigenvalue weighted by Crippen LogP contribution is -2.54. The molecule has 2 aliphatic rings. The van der Waals surface area contributed by atoms with E-state index in [-0.39, 0.29) is 18.3 Å². The molecule has 5 heteroatoms. The van der Waals surface area contributed by atoms with E-state index in [0.29, 0.717) is 37.8 Å². The number of hydrogen-bond acceptors (Lipinski definition) is 2. The summed E-state index contributed by atoms with van der Waals surface area (Å²) < 4.78 is 14.4. The van der Waals surface area contributed by atoms with Crippen LogP contribution in [0, 0.1) is 11.2 Å². The molecule has 1 aromatic carbocycles. The van der Waals surface area contributed by atoms with Gasteiger partial charge in [0, 0.05) is 18.7 Å². The number of rotatable bonds is 3. The van der Waals surface area contributed by atoms with Gasteiger partial charge in [-0.1, -0.05) is 31.0 Å². The topological polar surface area (TPSA) is 57.6 Å². The van der Waals surface area contributed by atoms with Crippen molar-refractivity contribution in [1.29, 1.82) is 0 Å². The van der Waals surface area contributed by atoms with Gasteiger partial charge in [-0.3, -0.25) is 9.59 Å². The summed E-state index contributed by atoms with van der Waals surface area (Å²) in [7, 11) is 0. The fourth-order valence-corrected chi connectivity index (χ4v) is 4.32. The Morgan fingerprint density at radius 2 is 1.79 bits per heavy atom. The van der Waals surface area contributed by atoms with Crippen molar-refractivity contribution in [1.82, 2.24) is 4.90 Å². The van der Waals surface area contributed by atoms with Crippen LogP contribution >= 0.6 is 0 Å². The summed E-state index contributed by atoms with van der Waals surface area (Å²) in [6.07, 6.45) is 4.29. The minimum atomic E-state index is -0.914. The van der Waals surface area contributed by atoms with Crippen LogP contribution in [0.5, 0.6) is 0 Å². The number of piperidine rings is 1. The summed E-state index contributed by atoms with van der Waals surface area (Å²) >= 11 is 0. The van der Waals surface area contributed by atoms with E-state index in [0.717, 1.165) is 12.8 Å². The first-order valence-corrected chi connectivity index (χ1v) is 8.67.